The molecule has 5 nitrogen and oxygen atoms in total. The highest BCUT2D eigenvalue weighted by atomic mass is 31.2. The zero-order chi connectivity index (χ0) is 24.6. The molecular formula is C24H37F3NO4P. The first-order valence-corrected chi connectivity index (χ1v) is 12.8. The second-order valence-electron chi connectivity index (χ2n) is 11.0. The van der Waals surface area contributed by atoms with Crippen LogP contribution < -0.4 is 10.5 Å². The van der Waals surface area contributed by atoms with Gasteiger partial charge in [-0.3, -0.25) is 0 Å². The number of halogens is 3. The Morgan fingerprint density at radius 3 is 2.18 bits per heavy atom. The van der Waals surface area contributed by atoms with Crippen LogP contribution in [0.4, 0.5) is 13.2 Å². The van der Waals surface area contributed by atoms with Crippen molar-refractivity contribution in [2.45, 2.75) is 90.5 Å². The molecule has 2 atom stereocenters. The molecule has 188 valence electrons. The fourth-order valence-corrected chi connectivity index (χ4v) is 5.74. The Bertz CT molecular complexity index is 815. The van der Waals surface area contributed by atoms with Crippen LogP contribution in [0.2, 0.25) is 0 Å². The molecule has 0 amide bonds. The molecule has 9 heteroatoms. The molecule has 2 aliphatic rings. The van der Waals surface area contributed by atoms with Gasteiger partial charge in [-0.2, -0.15) is 13.2 Å². The van der Waals surface area contributed by atoms with Gasteiger partial charge in [0.05, 0.1) is 12.7 Å². The van der Waals surface area contributed by atoms with E-state index in [-0.39, 0.29) is 36.2 Å². The number of hydrogen-bond acceptors (Lipinski definition) is 5. The van der Waals surface area contributed by atoms with Crippen LogP contribution >= 0.6 is 8.60 Å². The Kier molecular flexibility index (Phi) is 8.07. The molecule has 3 rings (SSSR count). The smallest absolute Gasteiger partial charge is 0.420 e. The van der Waals surface area contributed by atoms with E-state index in [1.54, 1.807) is 13.0 Å². The fourth-order valence-electron chi connectivity index (χ4n) is 5.35. The average molecular weight is 492 g/mol. The monoisotopic (exact) mass is 491 g/mol. The van der Waals surface area contributed by atoms with Crippen LogP contribution in [0.5, 0.6) is 5.75 Å². The Morgan fingerprint density at radius 1 is 1.00 bits per heavy atom. The summed E-state index contributed by atoms with van der Waals surface area (Å²) in [5.74, 6) is 0.354. The highest BCUT2D eigenvalue weighted by Gasteiger charge is 2.42. The molecule has 1 unspecified atom stereocenters. The Balaban J connectivity index is 1.78. The maximum Gasteiger partial charge on any atom is 0.420 e. The highest BCUT2D eigenvalue weighted by molar-refractivity contribution is 7.39. The van der Waals surface area contributed by atoms with Crippen LogP contribution in [0.3, 0.4) is 0 Å². The molecule has 33 heavy (non-hydrogen) atoms. The fraction of sp³-hybridized carbons (Fsp3) is 0.750. The van der Waals surface area contributed by atoms with Crippen molar-refractivity contribution in [3.8, 4) is 5.75 Å². The van der Waals surface area contributed by atoms with Gasteiger partial charge in [-0.05, 0) is 86.3 Å². The average Bonchev–Trinajstić information content (AvgIpc) is 2.70. The number of rotatable bonds is 6. The first-order valence-electron chi connectivity index (χ1n) is 11.7. The lowest BCUT2D eigenvalue weighted by molar-refractivity contribution is -0.140. The van der Waals surface area contributed by atoms with Crippen molar-refractivity contribution in [1.82, 2.24) is 0 Å². The topological polar surface area (TPSA) is 84.9 Å². The van der Waals surface area contributed by atoms with Gasteiger partial charge in [0.1, 0.15) is 11.3 Å². The molecule has 0 saturated heterocycles. The van der Waals surface area contributed by atoms with Gasteiger partial charge in [0, 0.05) is 5.54 Å². The molecule has 0 bridgehead atoms. The predicted octanol–water partition coefficient (Wildman–Crippen LogP) is 5.74. The summed E-state index contributed by atoms with van der Waals surface area (Å²) >= 11 is 0. The highest BCUT2D eigenvalue weighted by Crippen LogP contribution is 2.46. The minimum Gasteiger partial charge on any atom is -0.490 e. The third kappa shape index (κ3) is 6.61. The van der Waals surface area contributed by atoms with Gasteiger partial charge in [0.2, 0.25) is 0 Å². The molecule has 4 N–H and O–H groups in total. The lowest BCUT2D eigenvalue weighted by Gasteiger charge is -2.39. The molecule has 1 fully saturated rings. The molecule has 1 aromatic carbocycles. The number of ether oxygens (including phenoxy) is 1. The molecule has 2 aliphatic carbocycles. The van der Waals surface area contributed by atoms with E-state index >= 15 is 0 Å². The Hall–Kier alpha value is -0.920. The van der Waals surface area contributed by atoms with Gasteiger partial charge < -0.3 is 24.8 Å². The van der Waals surface area contributed by atoms with E-state index in [0.29, 0.717) is 29.9 Å². The zero-order valence-corrected chi connectivity index (χ0v) is 20.8. The van der Waals surface area contributed by atoms with Gasteiger partial charge in [0.25, 0.3) is 0 Å². The third-order valence-electron chi connectivity index (χ3n) is 7.48. The van der Waals surface area contributed by atoms with E-state index in [1.807, 2.05) is 0 Å². The van der Waals surface area contributed by atoms with Crippen LogP contribution in [0.25, 0.3) is 0 Å². The van der Waals surface area contributed by atoms with E-state index < -0.39 is 25.9 Å². The number of nitrogens with two attached hydrogens (primary N) is 1. The first-order chi connectivity index (χ1) is 15.2. The van der Waals surface area contributed by atoms with Gasteiger partial charge >= 0.3 is 14.8 Å². The van der Waals surface area contributed by atoms with E-state index in [0.717, 1.165) is 25.7 Å². The van der Waals surface area contributed by atoms with Crippen molar-refractivity contribution in [3.63, 3.8) is 0 Å². The van der Waals surface area contributed by atoms with Crippen molar-refractivity contribution in [2.75, 3.05) is 6.61 Å². The summed E-state index contributed by atoms with van der Waals surface area (Å²) in [5, 5.41) is 0. The summed E-state index contributed by atoms with van der Waals surface area (Å²) in [6.45, 7) is 8.29. The van der Waals surface area contributed by atoms with E-state index in [2.05, 4.69) is 20.8 Å². The Labute approximate surface area is 195 Å². The Morgan fingerprint density at radius 2 is 1.64 bits per heavy atom. The van der Waals surface area contributed by atoms with Gasteiger partial charge in [-0.25, -0.2) is 0 Å². The third-order valence-corrected chi connectivity index (χ3v) is 7.84. The maximum absolute atomic E-state index is 14.2. The van der Waals surface area contributed by atoms with Crippen LogP contribution in [0.15, 0.2) is 12.1 Å². The molecule has 0 aliphatic heterocycles. The van der Waals surface area contributed by atoms with Crippen molar-refractivity contribution >= 4 is 8.60 Å². The first kappa shape index (κ1) is 26.7. The molecule has 0 radical (unpaired) electrons. The van der Waals surface area contributed by atoms with Crippen LogP contribution in [-0.4, -0.2) is 28.0 Å². The number of hydrogen-bond donors (Lipinski definition) is 3. The molecule has 1 aromatic rings. The summed E-state index contributed by atoms with van der Waals surface area (Å²) in [5.41, 5.74) is 5.91. The van der Waals surface area contributed by atoms with Gasteiger partial charge in [-0.15, -0.1) is 0 Å². The van der Waals surface area contributed by atoms with Crippen molar-refractivity contribution < 1.29 is 32.2 Å². The predicted molar refractivity (Wildman–Crippen MR) is 123 cm³/mol. The normalized spacial score (nSPS) is 26.1. The van der Waals surface area contributed by atoms with Crippen molar-refractivity contribution in [1.29, 1.82) is 0 Å². The summed E-state index contributed by atoms with van der Waals surface area (Å²) in [4.78, 5) is 18.0. The summed E-state index contributed by atoms with van der Waals surface area (Å²) in [7, 11) is -2.53. The van der Waals surface area contributed by atoms with Crippen LogP contribution in [0, 0.1) is 17.3 Å². The van der Waals surface area contributed by atoms with E-state index in [4.69, 9.17) is 24.8 Å². The SMILES string of the molecule is CC(C)(C)C1CCC(Oc2ccc3c(c2C(F)(F)F)CC[C@H](C(C)(N)COP(O)O)C3)CC1. The van der Waals surface area contributed by atoms with Crippen molar-refractivity contribution in [3.05, 3.63) is 28.8 Å². The summed E-state index contributed by atoms with van der Waals surface area (Å²) in [6.07, 6.45) is -0.175. The molecule has 1 saturated carbocycles. The summed E-state index contributed by atoms with van der Waals surface area (Å²) in [6, 6.07) is 3.19. The van der Waals surface area contributed by atoms with Crippen LogP contribution in [0.1, 0.15) is 76.5 Å². The molecule has 0 aromatic heterocycles. The summed E-state index contributed by atoms with van der Waals surface area (Å²) < 4.78 is 53.4. The minimum absolute atomic E-state index is 0.0658. The molecule has 0 heterocycles. The lowest BCUT2D eigenvalue weighted by Crippen LogP contribution is -2.50. The van der Waals surface area contributed by atoms with Gasteiger partial charge in [0.15, 0.2) is 0 Å². The number of alkyl halides is 3. The lowest BCUT2D eigenvalue weighted by atomic mass is 9.72. The number of fused-ring (bicyclic) bond motifs is 1. The number of benzene rings is 1. The second-order valence-corrected chi connectivity index (χ2v) is 11.8. The second kappa shape index (κ2) is 9.98. The molecular weight excluding hydrogens is 454 g/mol. The van der Waals surface area contributed by atoms with E-state index in [1.165, 1.54) is 6.07 Å². The molecule has 0 spiro atoms. The standard InChI is InChI=1S/C24H37F3NO4P/c1-22(2,3)16-6-9-18(10-7-16)32-20-12-5-15-13-17(23(4,28)14-31-33(29)30)8-11-19(15)21(20)24(25,26)27/h5,12,16-18,29-30H,6-11,13-14,28H2,1-4H3/t16?,17-,18?,23?/m0/s1. The van der Waals surface area contributed by atoms with Gasteiger partial charge in [-0.1, -0.05) is 26.8 Å². The van der Waals surface area contributed by atoms with Crippen LogP contribution in [-0.2, 0) is 23.5 Å². The minimum atomic E-state index is -4.51. The largest absolute Gasteiger partial charge is 0.490 e. The quantitative estimate of drug-likeness (QED) is 0.442. The maximum atomic E-state index is 14.2. The zero-order valence-electron chi connectivity index (χ0n) is 19.9. The van der Waals surface area contributed by atoms with Crippen molar-refractivity contribution in [2.24, 2.45) is 23.0 Å². The van der Waals surface area contributed by atoms with E-state index in [9.17, 15) is 13.2 Å².